The number of esters is 1. The largest absolute Gasteiger partial charge is 0.469 e. The van der Waals surface area contributed by atoms with Gasteiger partial charge < -0.3 is 10.1 Å². The summed E-state index contributed by atoms with van der Waals surface area (Å²) in [5.74, 6) is -0.107. The van der Waals surface area contributed by atoms with Crippen LogP contribution in [0.15, 0.2) is 23.1 Å². The predicted octanol–water partition coefficient (Wildman–Crippen LogP) is 1.87. The molecular weight excluding hydrogens is 364 g/mol. The summed E-state index contributed by atoms with van der Waals surface area (Å²) in [5.41, 5.74) is 1.21. The van der Waals surface area contributed by atoms with Gasteiger partial charge in [-0.05, 0) is 31.5 Å². The number of nitrogens with zero attached hydrogens (tertiary/aromatic N) is 1. The molecule has 140 valence electrons. The van der Waals surface area contributed by atoms with E-state index in [1.54, 1.807) is 19.9 Å². The predicted molar refractivity (Wildman–Crippen MR) is 99.2 cm³/mol. The van der Waals surface area contributed by atoms with E-state index >= 15 is 0 Å². The molecule has 7 nitrogen and oxygen atoms in total. The second kappa shape index (κ2) is 9.21. The van der Waals surface area contributed by atoms with Crippen molar-refractivity contribution in [3.05, 3.63) is 23.8 Å². The lowest BCUT2D eigenvalue weighted by atomic mass is 10.2. The Hall–Kier alpha value is -1.58. The Morgan fingerprint density at radius 3 is 2.52 bits per heavy atom. The smallest absolute Gasteiger partial charge is 0.306 e. The Morgan fingerprint density at radius 1 is 1.32 bits per heavy atom. The van der Waals surface area contributed by atoms with Crippen molar-refractivity contribution < 1.29 is 22.7 Å². The van der Waals surface area contributed by atoms with Crippen LogP contribution >= 0.6 is 11.8 Å². The van der Waals surface area contributed by atoms with E-state index < -0.39 is 15.3 Å². The van der Waals surface area contributed by atoms with Gasteiger partial charge in [0, 0.05) is 25.5 Å². The fourth-order valence-electron chi connectivity index (χ4n) is 1.84. The van der Waals surface area contributed by atoms with Crippen molar-refractivity contribution in [1.82, 2.24) is 4.31 Å². The first-order valence-corrected chi connectivity index (χ1v) is 10.1. The van der Waals surface area contributed by atoms with Gasteiger partial charge in [0.15, 0.2) is 0 Å². The summed E-state index contributed by atoms with van der Waals surface area (Å²) < 4.78 is 30.1. The molecule has 0 unspecified atom stereocenters. The highest BCUT2D eigenvalue weighted by atomic mass is 32.2. The number of carbonyl (C=O) groups is 2. The molecule has 1 aromatic rings. The molecule has 0 heterocycles. The quantitative estimate of drug-likeness (QED) is 0.684. The minimum atomic E-state index is -3.57. The van der Waals surface area contributed by atoms with Crippen molar-refractivity contribution in [3.63, 3.8) is 0 Å². The number of benzene rings is 1. The average molecular weight is 389 g/mol. The Morgan fingerprint density at radius 2 is 1.96 bits per heavy atom. The zero-order chi connectivity index (χ0) is 19.2. The monoisotopic (exact) mass is 388 g/mol. The Bertz CT molecular complexity index is 732. The first kappa shape index (κ1) is 21.5. The van der Waals surface area contributed by atoms with E-state index in [0.717, 1.165) is 9.87 Å². The summed E-state index contributed by atoms with van der Waals surface area (Å²) in [6.45, 7) is 3.52. The molecule has 0 aromatic heterocycles. The van der Waals surface area contributed by atoms with Gasteiger partial charge in [-0.1, -0.05) is 6.07 Å². The molecule has 1 amide bonds. The van der Waals surface area contributed by atoms with Crippen molar-refractivity contribution in [2.75, 3.05) is 32.3 Å². The number of ether oxygens (including phenoxy) is 1. The number of hydrogen-bond acceptors (Lipinski definition) is 6. The molecule has 25 heavy (non-hydrogen) atoms. The number of rotatable bonds is 8. The van der Waals surface area contributed by atoms with Crippen LogP contribution in [0.2, 0.25) is 0 Å². The first-order valence-electron chi connectivity index (χ1n) is 7.62. The van der Waals surface area contributed by atoms with Crippen LogP contribution in [0.5, 0.6) is 0 Å². The average Bonchev–Trinajstić information content (AvgIpc) is 2.55. The lowest BCUT2D eigenvalue weighted by Crippen LogP contribution is -2.25. The van der Waals surface area contributed by atoms with Gasteiger partial charge in [-0.2, -0.15) is 0 Å². The van der Waals surface area contributed by atoms with E-state index in [2.05, 4.69) is 10.1 Å². The number of thioether (sulfide) groups is 1. The SMILES string of the molecule is COC(=O)CCS[C@H](C)C(=O)Nc1cc(S(=O)(=O)N(C)C)ccc1C. The van der Waals surface area contributed by atoms with Crippen LogP contribution in [-0.2, 0) is 24.3 Å². The minimum absolute atomic E-state index is 0.115. The van der Waals surface area contributed by atoms with Gasteiger partial charge in [-0.3, -0.25) is 9.59 Å². The zero-order valence-corrected chi connectivity index (χ0v) is 16.7. The number of methoxy groups -OCH3 is 1. The Balaban J connectivity index is 2.81. The summed E-state index contributed by atoms with van der Waals surface area (Å²) in [7, 11) is 0.650. The molecule has 1 atom stereocenters. The highest BCUT2D eigenvalue weighted by Gasteiger charge is 2.20. The van der Waals surface area contributed by atoms with Gasteiger partial charge in [-0.15, -0.1) is 11.8 Å². The molecule has 0 bridgehead atoms. The molecule has 0 radical (unpaired) electrons. The number of amides is 1. The standard InChI is InChI=1S/C16H24N2O5S2/c1-11-6-7-13(25(21,22)18(3)4)10-14(11)17-16(20)12(2)24-9-8-15(19)23-5/h6-7,10,12H,8-9H2,1-5H3,(H,17,20)/t12-/m1/s1. The summed E-state index contributed by atoms with van der Waals surface area (Å²) in [4.78, 5) is 23.5. The molecule has 0 aliphatic carbocycles. The Kier molecular flexibility index (Phi) is 7.91. The van der Waals surface area contributed by atoms with Gasteiger partial charge >= 0.3 is 5.97 Å². The van der Waals surface area contributed by atoms with Crippen molar-refractivity contribution in [3.8, 4) is 0 Å². The highest BCUT2D eigenvalue weighted by molar-refractivity contribution is 8.00. The third-order valence-corrected chi connectivity index (χ3v) is 6.48. The van der Waals surface area contributed by atoms with Crippen molar-refractivity contribution >= 4 is 39.3 Å². The molecule has 1 N–H and O–H groups in total. The van der Waals surface area contributed by atoms with Gasteiger partial charge in [0.1, 0.15) is 0 Å². The molecule has 1 rings (SSSR count). The van der Waals surface area contributed by atoms with Crippen molar-refractivity contribution in [2.45, 2.75) is 30.4 Å². The van der Waals surface area contributed by atoms with Crippen LogP contribution in [0, 0.1) is 6.92 Å². The molecule has 0 saturated carbocycles. The summed E-state index contributed by atoms with van der Waals surface area (Å²) in [6.07, 6.45) is 0.231. The van der Waals surface area contributed by atoms with E-state index in [9.17, 15) is 18.0 Å². The van der Waals surface area contributed by atoms with Gasteiger partial charge in [0.25, 0.3) is 0 Å². The maximum Gasteiger partial charge on any atom is 0.306 e. The second-order valence-corrected chi connectivity index (χ2v) is 9.19. The van der Waals surface area contributed by atoms with Crippen LogP contribution in [-0.4, -0.2) is 56.8 Å². The normalized spacial score (nSPS) is 12.7. The van der Waals surface area contributed by atoms with Crippen LogP contribution in [0.1, 0.15) is 18.9 Å². The summed E-state index contributed by atoms with van der Waals surface area (Å²) >= 11 is 1.33. The van der Waals surface area contributed by atoms with Gasteiger partial charge in [0.05, 0.1) is 23.7 Å². The molecule has 0 aliphatic heterocycles. The molecule has 0 fully saturated rings. The lowest BCUT2D eigenvalue weighted by Gasteiger charge is -2.16. The van der Waals surface area contributed by atoms with E-state index in [1.165, 1.54) is 45.1 Å². The van der Waals surface area contributed by atoms with Crippen LogP contribution in [0.4, 0.5) is 5.69 Å². The molecule has 0 aliphatic rings. The number of nitrogens with one attached hydrogen (secondary N) is 1. The van der Waals surface area contributed by atoms with Crippen LogP contribution in [0.25, 0.3) is 0 Å². The van der Waals surface area contributed by atoms with E-state index in [4.69, 9.17) is 0 Å². The topological polar surface area (TPSA) is 92.8 Å². The van der Waals surface area contributed by atoms with E-state index in [0.29, 0.717) is 11.4 Å². The maximum absolute atomic E-state index is 12.3. The number of carbonyl (C=O) groups excluding carboxylic acids is 2. The molecule has 0 spiro atoms. The maximum atomic E-state index is 12.3. The fourth-order valence-corrected chi connectivity index (χ4v) is 3.62. The van der Waals surface area contributed by atoms with Crippen LogP contribution in [0.3, 0.4) is 0 Å². The van der Waals surface area contributed by atoms with E-state index in [-0.39, 0.29) is 23.2 Å². The van der Waals surface area contributed by atoms with Gasteiger partial charge in [-0.25, -0.2) is 12.7 Å². The minimum Gasteiger partial charge on any atom is -0.469 e. The number of hydrogen-bond donors (Lipinski definition) is 1. The fraction of sp³-hybridized carbons (Fsp3) is 0.500. The lowest BCUT2D eigenvalue weighted by molar-refractivity contribution is -0.140. The third kappa shape index (κ3) is 6.02. The zero-order valence-electron chi connectivity index (χ0n) is 15.0. The molecule has 0 saturated heterocycles. The number of anilines is 1. The third-order valence-electron chi connectivity index (χ3n) is 3.52. The molecule has 1 aromatic carbocycles. The number of sulfonamides is 1. The highest BCUT2D eigenvalue weighted by Crippen LogP contribution is 2.23. The van der Waals surface area contributed by atoms with Gasteiger partial charge in [0.2, 0.25) is 15.9 Å². The van der Waals surface area contributed by atoms with Crippen molar-refractivity contribution in [1.29, 1.82) is 0 Å². The first-order chi connectivity index (χ1) is 11.6. The Labute approximate surface area is 153 Å². The van der Waals surface area contributed by atoms with Crippen molar-refractivity contribution in [2.24, 2.45) is 0 Å². The summed E-state index contributed by atoms with van der Waals surface area (Å²) in [5, 5.41) is 2.36. The summed E-state index contributed by atoms with van der Waals surface area (Å²) in [6, 6.07) is 4.62. The molecular formula is C16H24N2O5S2. The molecule has 9 heteroatoms. The number of aryl methyl sites for hydroxylation is 1. The van der Waals surface area contributed by atoms with Crippen LogP contribution < -0.4 is 5.32 Å². The van der Waals surface area contributed by atoms with E-state index in [1.807, 2.05) is 0 Å². The second-order valence-electron chi connectivity index (χ2n) is 5.59.